The Bertz CT molecular complexity index is 369. The zero-order valence-corrected chi connectivity index (χ0v) is 11.4. The molecule has 0 aromatic carbocycles. The molecule has 3 nitrogen and oxygen atoms in total. The maximum atomic E-state index is 5.62. The first-order chi connectivity index (χ1) is 8.20. The van der Waals surface area contributed by atoms with Gasteiger partial charge in [-0.1, -0.05) is 13.0 Å². The minimum absolute atomic E-state index is 0.523. The number of nitrogens with zero attached hydrogens (tertiary/aromatic N) is 2. The number of rotatable bonds is 3. The van der Waals surface area contributed by atoms with Gasteiger partial charge in [0.25, 0.3) is 0 Å². The second-order valence-corrected chi connectivity index (χ2v) is 6.10. The van der Waals surface area contributed by atoms with Crippen molar-refractivity contribution < 1.29 is 0 Å². The van der Waals surface area contributed by atoms with Crippen LogP contribution in [0.3, 0.4) is 0 Å². The van der Waals surface area contributed by atoms with Gasteiger partial charge in [0.2, 0.25) is 0 Å². The van der Waals surface area contributed by atoms with Crippen molar-refractivity contribution in [3.63, 3.8) is 0 Å². The SMILES string of the molecule is CC1SCCN(Cc2cccc(CN)n2)C1C. The molecule has 0 amide bonds. The van der Waals surface area contributed by atoms with Crippen LogP contribution in [0.5, 0.6) is 0 Å². The molecule has 0 radical (unpaired) electrons. The summed E-state index contributed by atoms with van der Waals surface area (Å²) < 4.78 is 0. The third-order valence-corrected chi connectivity index (χ3v) is 4.79. The van der Waals surface area contributed by atoms with Crippen LogP contribution in [0.15, 0.2) is 18.2 Å². The van der Waals surface area contributed by atoms with Gasteiger partial charge in [-0.05, 0) is 19.1 Å². The van der Waals surface area contributed by atoms with E-state index >= 15 is 0 Å². The molecule has 2 atom stereocenters. The molecule has 0 bridgehead atoms. The molecule has 2 unspecified atom stereocenters. The summed E-state index contributed by atoms with van der Waals surface area (Å²) in [5.74, 6) is 1.22. The molecule has 2 heterocycles. The smallest absolute Gasteiger partial charge is 0.0547 e. The summed E-state index contributed by atoms with van der Waals surface area (Å²) in [6.45, 7) is 7.25. The maximum absolute atomic E-state index is 5.62. The van der Waals surface area contributed by atoms with E-state index in [0.717, 1.165) is 24.5 Å². The molecule has 0 saturated carbocycles. The van der Waals surface area contributed by atoms with Crippen molar-refractivity contribution in [3.05, 3.63) is 29.6 Å². The molecule has 1 saturated heterocycles. The summed E-state index contributed by atoms with van der Waals surface area (Å²) in [5, 5.41) is 0.710. The summed E-state index contributed by atoms with van der Waals surface area (Å²) in [6, 6.07) is 6.76. The molecule has 0 spiro atoms. The molecule has 2 N–H and O–H groups in total. The second kappa shape index (κ2) is 5.85. The van der Waals surface area contributed by atoms with Gasteiger partial charge in [0.05, 0.1) is 11.4 Å². The molecule has 17 heavy (non-hydrogen) atoms. The summed E-state index contributed by atoms with van der Waals surface area (Å²) in [6.07, 6.45) is 0. The third kappa shape index (κ3) is 3.21. The van der Waals surface area contributed by atoms with Crippen molar-refractivity contribution in [1.82, 2.24) is 9.88 Å². The van der Waals surface area contributed by atoms with E-state index in [1.807, 2.05) is 6.07 Å². The first kappa shape index (κ1) is 12.9. The van der Waals surface area contributed by atoms with Gasteiger partial charge in [-0.25, -0.2) is 0 Å². The average molecular weight is 251 g/mol. The zero-order chi connectivity index (χ0) is 12.3. The minimum Gasteiger partial charge on any atom is -0.325 e. The van der Waals surface area contributed by atoms with E-state index in [1.54, 1.807) is 0 Å². The van der Waals surface area contributed by atoms with Crippen molar-refractivity contribution in [2.45, 2.75) is 38.2 Å². The van der Waals surface area contributed by atoms with Crippen molar-refractivity contribution in [2.75, 3.05) is 12.3 Å². The minimum atomic E-state index is 0.523. The molecular formula is C13H21N3S. The normalized spacial score (nSPS) is 26.1. The molecule has 2 rings (SSSR count). The fourth-order valence-corrected chi connectivity index (χ4v) is 3.32. The average Bonchev–Trinajstić information content (AvgIpc) is 2.35. The largest absolute Gasteiger partial charge is 0.325 e. The Morgan fingerprint density at radius 2 is 2.18 bits per heavy atom. The van der Waals surface area contributed by atoms with E-state index in [9.17, 15) is 0 Å². The summed E-state index contributed by atoms with van der Waals surface area (Å²) in [7, 11) is 0. The van der Waals surface area contributed by atoms with E-state index in [0.29, 0.717) is 17.8 Å². The van der Waals surface area contributed by atoms with Crippen LogP contribution in [0.2, 0.25) is 0 Å². The predicted octanol–water partition coefficient (Wildman–Crippen LogP) is 1.87. The van der Waals surface area contributed by atoms with Crippen LogP contribution in [0.4, 0.5) is 0 Å². The zero-order valence-electron chi connectivity index (χ0n) is 10.6. The lowest BCUT2D eigenvalue weighted by Gasteiger charge is -2.37. The highest BCUT2D eigenvalue weighted by atomic mass is 32.2. The third-order valence-electron chi connectivity index (χ3n) is 3.45. The molecule has 1 aliphatic heterocycles. The van der Waals surface area contributed by atoms with Gasteiger partial charge in [0, 0.05) is 36.7 Å². The van der Waals surface area contributed by atoms with Gasteiger partial charge in [-0.3, -0.25) is 9.88 Å². The number of pyridine rings is 1. The highest BCUT2D eigenvalue weighted by molar-refractivity contribution is 8.00. The van der Waals surface area contributed by atoms with Crippen LogP contribution in [0.1, 0.15) is 25.2 Å². The quantitative estimate of drug-likeness (QED) is 0.890. The van der Waals surface area contributed by atoms with Crippen molar-refractivity contribution in [2.24, 2.45) is 5.73 Å². The second-order valence-electron chi connectivity index (χ2n) is 4.61. The Hall–Kier alpha value is -0.580. The lowest BCUT2D eigenvalue weighted by Crippen LogP contribution is -2.44. The summed E-state index contributed by atoms with van der Waals surface area (Å²) >= 11 is 2.07. The summed E-state index contributed by atoms with van der Waals surface area (Å²) in [5.41, 5.74) is 7.74. The molecule has 1 aliphatic rings. The molecule has 1 aromatic heterocycles. The molecule has 94 valence electrons. The van der Waals surface area contributed by atoms with E-state index in [2.05, 4.69) is 47.6 Å². The number of hydrogen-bond donors (Lipinski definition) is 1. The van der Waals surface area contributed by atoms with Gasteiger partial charge in [-0.2, -0.15) is 11.8 Å². The Morgan fingerprint density at radius 1 is 1.41 bits per heavy atom. The topological polar surface area (TPSA) is 42.1 Å². The maximum Gasteiger partial charge on any atom is 0.0547 e. The Kier molecular flexibility index (Phi) is 4.42. The standard InChI is InChI=1S/C13H21N3S/c1-10-11(2)17-7-6-16(10)9-13-5-3-4-12(8-14)15-13/h3-5,10-11H,6-9,14H2,1-2H3. The number of nitrogens with two attached hydrogens (primary N) is 1. The fourth-order valence-electron chi connectivity index (χ4n) is 2.16. The van der Waals surface area contributed by atoms with Gasteiger partial charge in [0.15, 0.2) is 0 Å². The number of thioether (sulfide) groups is 1. The van der Waals surface area contributed by atoms with Crippen molar-refractivity contribution in [3.8, 4) is 0 Å². The Morgan fingerprint density at radius 3 is 2.94 bits per heavy atom. The highest BCUT2D eigenvalue weighted by Gasteiger charge is 2.25. The van der Waals surface area contributed by atoms with E-state index in [4.69, 9.17) is 5.73 Å². The molecule has 0 aliphatic carbocycles. The van der Waals surface area contributed by atoms with Crippen molar-refractivity contribution in [1.29, 1.82) is 0 Å². The molecule has 4 heteroatoms. The van der Waals surface area contributed by atoms with Crippen molar-refractivity contribution >= 4 is 11.8 Å². The van der Waals surface area contributed by atoms with E-state index in [-0.39, 0.29) is 0 Å². The lowest BCUT2D eigenvalue weighted by molar-refractivity contribution is 0.202. The van der Waals surface area contributed by atoms with Crippen LogP contribution in [-0.2, 0) is 13.1 Å². The van der Waals surface area contributed by atoms with Gasteiger partial charge in [0.1, 0.15) is 0 Å². The Labute approximate surface area is 108 Å². The number of aromatic nitrogens is 1. The van der Waals surface area contributed by atoms with Gasteiger partial charge in [-0.15, -0.1) is 0 Å². The fraction of sp³-hybridized carbons (Fsp3) is 0.615. The first-order valence-electron chi connectivity index (χ1n) is 6.21. The van der Waals surface area contributed by atoms with E-state index in [1.165, 1.54) is 5.75 Å². The van der Waals surface area contributed by atoms with Crippen LogP contribution >= 0.6 is 11.8 Å². The van der Waals surface area contributed by atoms with E-state index < -0.39 is 0 Å². The monoisotopic (exact) mass is 251 g/mol. The van der Waals surface area contributed by atoms with Crippen LogP contribution in [0.25, 0.3) is 0 Å². The van der Waals surface area contributed by atoms with Gasteiger partial charge < -0.3 is 5.73 Å². The van der Waals surface area contributed by atoms with Crippen LogP contribution < -0.4 is 5.73 Å². The van der Waals surface area contributed by atoms with Crippen LogP contribution in [-0.4, -0.2) is 33.5 Å². The van der Waals surface area contributed by atoms with Crippen LogP contribution in [0, 0.1) is 0 Å². The Balaban J connectivity index is 2.04. The summed E-state index contributed by atoms with van der Waals surface area (Å²) in [4.78, 5) is 7.09. The molecule has 1 fully saturated rings. The predicted molar refractivity (Wildman–Crippen MR) is 73.9 cm³/mol. The van der Waals surface area contributed by atoms with Gasteiger partial charge >= 0.3 is 0 Å². The number of hydrogen-bond acceptors (Lipinski definition) is 4. The highest BCUT2D eigenvalue weighted by Crippen LogP contribution is 2.25. The first-order valence-corrected chi connectivity index (χ1v) is 7.26. The lowest BCUT2D eigenvalue weighted by atomic mass is 10.2. The molecular weight excluding hydrogens is 230 g/mol. The molecule has 1 aromatic rings.